The molecule has 3 amide bonds. The van der Waals surface area contributed by atoms with Crippen LogP contribution in [0.1, 0.15) is 38.3 Å². The highest BCUT2D eigenvalue weighted by Gasteiger charge is 2.34. The number of hydrogen-bond donors (Lipinski definition) is 2. The van der Waals surface area contributed by atoms with E-state index in [1.807, 2.05) is 35.6 Å². The molecular formula is C32H25F5N2O5. The zero-order chi connectivity index (χ0) is 32.0. The second kappa shape index (κ2) is 14.0. The molecule has 7 nitrogen and oxygen atoms in total. The smallest absolute Gasteiger partial charge is 0.265 e. The Morgan fingerprint density at radius 3 is 2.00 bits per heavy atom. The fourth-order valence-electron chi connectivity index (χ4n) is 4.19. The number of amides is 3. The SMILES string of the molecule is Cc1ccc(NC(=O)c2c(F)c(F)c(F)c(F)c2F)c(N(C(=O)c2ccccc2)C(=O)C(O)CCOCc2ccccc2)c1. The predicted octanol–water partition coefficient (Wildman–Crippen LogP) is 6.08. The molecule has 1 atom stereocenters. The molecule has 0 aromatic heterocycles. The summed E-state index contributed by atoms with van der Waals surface area (Å²) in [4.78, 5) is 40.7. The van der Waals surface area contributed by atoms with Crippen LogP contribution in [-0.2, 0) is 16.1 Å². The summed E-state index contributed by atoms with van der Waals surface area (Å²) in [5.74, 6) is -15.6. The minimum absolute atomic E-state index is 0.00641. The standard InChI is InChI=1S/C32H25F5N2O5/c1-18-12-13-21(38-30(41)24-25(33)27(35)29(37)28(36)26(24)34)22(16-18)39(31(42)20-10-6-3-7-11-20)32(43)23(40)14-15-44-17-19-8-4-2-5-9-19/h2-13,16,23,40H,14-15,17H2,1H3,(H,38,41). The maximum Gasteiger partial charge on any atom is 0.265 e. The third kappa shape index (κ3) is 6.99. The first-order chi connectivity index (χ1) is 21.0. The minimum Gasteiger partial charge on any atom is -0.383 e. The van der Waals surface area contributed by atoms with Crippen molar-refractivity contribution in [2.24, 2.45) is 0 Å². The molecule has 0 bridgehead atoms. The summed E-state index contributed by atoms with van der Waals surface area (Å²) in [5.41, 5.74) is -1.18. The van der Waals surface area contributed by atoms with E-state index in [4.69, 9.17) is 4.74 Å². The van der Waals surface area contributed by atoms with Crippen LogP contribution in [0.4, 0.5) is 33.3 Å². The fourth-order valence-corrected chi connectivity index (χ4v) is 4.19. The molecule has 0 saturated heterocycles. The molecule has 0 spiro atoms. The van der Waals surface area contributed by atoms with Gasteiger partial charge >= 0.3 is 0 Å². The number of aryl methyl sites for hydroxylation is 1. The first-order valence-corrected chi connectivity index (χ1v) is 13.2. The number of ether oxygens (including phenoxy) is 1. The van der Waals surface area contributed by atoms with Crippen molar-refractivity contribution in [2.45, 2.75) is 26.1 Å². The van der Waals surface area contributed by atoms with E-state index >= 15 is 0 Å². The van der Waals surface area contributed by atoms with E-state index in [0.717, 1.165) is 5.56 Å². The summed E-state index contributed by atoms with van der Waals surface area (Å²) in [7, 11) is 0. The van der Waals surface area contributed by atoms with Crippen LogP contribution in [0.25, 0.3) is 0 Å². The number of hydrogen-bond acceptors (Lipinski definition) is 5. The number of nitrogens with zero attached hydrogens (tertiary/aromatic N) is 1. The number of benzene rings is 4. The first-order valence-electron chi connectivity index (χ1n) is 13.2. The Morgan fingerprint density at radius 2 is 1.39 bits per heavy atom. The number of anilines is 2. The average molecular weight is 613 g/mol. The normalized spacial score (nSPS) is 11.6. The number of carbonyl (C=O) groups is 3. The van der Waals surface area contributed by atoms with Crippen LogP contribution in [0, 0.1) is 36.0 Å². The first kappa shape index (κ1) is 32.0. The predicted molar refractivity (Wildman–Crippen MR) is 150 cm³/mol. The zero-order valence-electron chi connectivity index (χ0n) is 23.1. The van der Waals surface area contributed by atoms with E-state index in [0.29, 0.717) is 10.5 Å². The van der Waals surface area contributed by atoms with Crippen molar-refractivity contribution in [3.8, 4) is 0 Å². The molecule has 0 saturated carbocycles. The van der Waals surface area contributed by atoms with E-state index in [1.54, 1.807) is 13.0 Å². The number of rotatable bonds is 10. The highest BCUT2D eigenvalue weighted by Crippen LogP contribution is 2.32. The van der Waals surface area contributed by atoms with Crippen molar-refractivity contribution >= 4 is 29.1 Å². The Hall–Kier alpha value is -4.94. The van der Waals surface area contributed by atoms with Crippen LogP contribution in [0.15, 0.2) is 78.9 Å². The molecule has 4 aromatic rings. The number of nitrogens with one attached hydrogen (secondary N) is 1. The zero-order valence-corrected chi connectivity index (χ0v) is 23.1. The molecule has 4 rings (SSSR count). The van der Waals surface area contributed by atoms with Gasteiger partial charge < -0.3 is 15.2 Å². The molecule has 4 aromatic carbocycles. The van der Waals surface area contributed by atoms with Gasteiger partial charge in [-0.25, -0.2) is 26.9 Å². The maximum absolute atomic E-state index is 14.4. The molecule has 0 aliphatic heterocycles. The fraction of sp³-hybridized carbons (Fsp3) is 0.156. The lowest BCUT2D eigenvalue weighted by atomic mass is 10.1. The molecule has 1 unspecified atom stereocenters. The average Bonchev–Trinajstić information content (AvgIpc) is 3.03. The third-order valence-corrected chi connectivity index (χ3v) is 6.46. The van der Waals surface area contributed by atoms with E-state index in [-0.39, 0.29) is 30.9 Å². The van der Waals surface area contributed by atoms with Gasteiger partial charge in [-0.2, -0.15) is 0 Å². The third-order valence-electron chi connectivity index (χ3n) is 6.46. The van der Waals surface area contributed by atoms with Crippen LogP contribution in [0.5, 0.6) is 0 Å². The number of imide groups is 1. The van der Waals surface area contributed by atoms with Gasteiger partial charge in [-0.3, -0.25) is 14.4 Å². The van der Waals surface area contributed by atoms with Gasteiger partial charge in [0.2, 0.25) is 5.82 Å². The lowest BCUT2D eigenvalue weighted by Crippen LogP contribution is -2.44. The van der Waals surface area contributed by atoms with E-state index in [1.165, 1.54) is 42.5 Å². The van der Waals surface area contributed by atoms with Gasteiger partial charge in [0.1, 0.15) is 11.7 Å². The Bertz CT molecular complexity index is 1660. The minimum atomic E-state index is -2.44. The largest absolute Gasteiger partial charge is 0.383 e. The molecule has 44 heavy (non-hydrogen) atoms. The van der Waals surface area contributed by atoms with Crippen molar-refractivity contribution in [2.75, 3.05) is 16.8 Å². The molecule has 0 radical (unpaired) electrons. The second-order valence-electron chi connectivity index (χ2n) is 9.61. The van der Waals surface area contributed by atoms with Crippen molar-refractivity contribution in [1.82, 2.24) is 0 Å². The number of aliphatic hydroxyl groups excluding tert-OH is 1. The van der Waals surface area contributed by atoms with Gasteiger partial charge in [-0.1, -0.05) is 54.6 Å². The van der Waals surface area contributed by atoms with Crippen molar-refractivity contribution in [3.63, 3.8) is 0 Å². The quantitative estimate of drug-likeness (QED) is 0.0980. The molecule has 0 heterocycles. The summed E-state index contributed by atoms with van der Waals surface area (Å²) < 4.78 is 75.4. The monoisotopic (exact) mass is 612 g/mol. The van der Waals surface area contributed by atoms with E-state index < -0.39 is 64.2 Å². The highest BCUT2D eigenvalue weighted by atomic mass is 19.2. The summed E-state index contributed by atoms with van der Waals surface area (Å²) in [6.45, 7) is 1.69. The Labute approximate surface area is 248 Å². The summed E-state index contributed by atoms with van der Waals surface area (Å²) in [6.07, 6.45) is -2.01. The summed E-state index contributed by atoms with van der Waals surface area (Å²) in [6, 6.07) is 20.4. The molecular weight excluding hydrogens is 587 g/mol. The lowest BCUT2D eigenvalue weighted by Gasteiger charge is -2.26. The number of aliphatic hydroxyl groups is 1. The Kier molecular flexibility index (Phi) is 10.2. The molecule has 0 aliphatic carbocycles. The highest BCUT2D eigenvalue weighted by molar-refractivity contribution is 6.24. The van der Waals surface area contributed by atoms with E-state index in [9.17, 15) is 41.4 Å². The summed E-state index contributed by atoms with van der Waals surface area (Å²) in [5, 5.41) is 12.8. The van der Waals surface area contributed by atoms with Gasteiger partial charge in [0, 0.05) is 12.0 Å². The van der Waals surface area contributed by atoms with E-state index in [2.05, 4.69) is 0 Å². The van der Waals surface area contributed by atoms with Crippen molar-refractivity contribution in [1.29, 1.82) is 0 Å². The van der Waals surface area contributed by atoms with Gasteiger partial charge in [-0.15, -0.1) is 0 Å². The number of halogens is 5. The molecule has 0 fully saturated rings. The Balaban J connectivity index is 1.67. The molecule has 2 N–H and O–H groups in total. The van der Waals surface area contributed by atoms with Crippen LogP contribution >= 0.6 is 0 Å². The van der Waals surface area contributed by atoms with Crippen molar-refractivity contribution < 1.29 is 46.2 Å². The van der Waals surface area contributed by atoms with Crippen LogP contribution in [0.2, 0.25) is 0 Å². The maximum atomic E-state index is 14.4. The van der Waals surface area contributed by atoms with Crippen LogP contribution in [0.3, 0.4) is 0 Å². The topological polar surface area (TPSA) is 95.9 Å². The van der Waals surface area contributed by atoms with Gasteiger partial charge in [-0.05, 0) is 42.3 Å². The van der Waals surface area contributed by atoms with Crippen molar-refractivity contribution in [3.05, 3.63) is 130 Å². The van der Waals surface area contributed by atoms with Gasteiger partial charge in [0.05, 0.1) is 24.6 Å². The molecule has 12 heteroatoms. The second-order valence-corrected chi connectivity index (χ2v) is 9.61. The molecule has 0 aliphatic rings. The number of carbonyl (C=O) groups excluding carboxylic acids is 3. The Morgan fingerprint density at radius 1 is 0.818 bits per heavy atom. The molecule has 228 valence electrons. The van der Waals surface area contributed by atoms with Gasteiger partial charge in [0.15, 0.2) is 23.3 Å². The van der Waals surface area contributed by atoms with Gasteiger partial charge in [0.25, 0.3) is 17.7 Å². The van der Waals surface area contributed by atoms with Crippen LogP contribution in [-0.4, -0.2) is 35.5 Å². The van der Waals surface area contributed by atoms with Crippen LogP contribution < -0.4 is 10.2 Å². The summed E-state index contributed by atoms with van der Waals surface area (Å²) >= 11 is 0. The lowest BCUT2D eigenvalue weighted by molar-refractivity contribution is -0.127.